The van der Waals surface area contributed by atoms with Crippen LogP contribution < -0.4 is 5.32 Å². The molecule has 4 rings (SSSR count). The molecule has 3 aromatic carbocycles. The smallest absolute Gasteiger partial charge is 0.410 e. The fourth-order valence-electron chi connectivity index (χ4n) is 4.77. The zero-order valence-corrected chi connectivity index (χ0v) is 21.0. The molecule has 3 aromatic rings. The highest BCUT2D eigenvalue weighted by molar-refractivity contribution is 5.89. The number of carboxylic acids is 1. The van der Waals surface area contributed by atoms with Crippen LogP contribution in [0.2, 0.25) is 0 Å². The van der Waals surface area contributed by atoms with E-state index in [1.54, 1.807) is 30.3 Å². The maximum atomic E-state index is 13.1. The normalized spacial score (nSPS) is 14.1. The third kappa shape index (κ3) is 6.57. The number of hydrogen-bond donors (Lipinski definition) is 2. The Morgan fingerprint density at radius 1 is 0.923 bits per heavy atom. The molecule has 1 aliphatic carbocycles. The van der Waals surface area contributed by atoms with Gasteiger partial charge in [0.15, 0.2) is 0 Å². The van der Waals surface area contributed by atoms with Gasteiger partial charge in [-0.2, -0.15) is 13.2 Å². The first-order chi connectivity index (χ1) is 18.5. The molecule has 2 N–H and O–H groups in total. The van der Waals surface area contributed by atoms with Crippen LogP contribution in [0.15, 0.2) is 78.9 Å². The van der Waals surface area contributed by atoms with Gasteiger partial charge in [0.1, 0.15) is 18.7 Å². The summed E-state index contributed by atoms with van der Waals surface area (Å²) in [5.41, 5.74) is 4.67. The molecule has 0 fully saturated rings. The highest BCUT2D eigenvalue weighted by Gasteiger charge is 2.39. The maximum absolute atomic E-state index is 13.1. The lowest BCUT2D eigenvalue weighted by molar-refractivity contribution is -0.160. The Morgan fingerprint density at radius 3 is 2.00 bits per heavy atom. The summed E-state index contributed by atoms with van der Waals surface area (Å²) >= 11 is 0. The van der Waals surface area contributed by atoms with E-state index in [1.807, 2.05) is 53.8 Å². The molecule has 0 saturated carbocycles. The summed E-state index contributed by atoms with van der Waals surface area (Å²) in [6, 6.07) is 20.5. The molecule has 39 heavy (non-hydrogen) atoms. The van der Waals surface area contributed by atoms with E-state index in [0.29, 0.717) is 5.56 Å². The standard InChI is InChI=1S/C29H27F3N2O5/c1-34(28(38)39-17-23-21-13-7-5-11-19(21)20-12-6-8-14-22(20)23)25(15-18-9-3-2-4-10-18)26(35)33-24(27(36)37)16-29(30,31)32/h2-14,23-25H,15-17H2,1H3,(H,33,35)(H,36,37)/t24-,25-/m0/s1. The molecule has 0 aromatic heterocycles. The summed E-state index contributed by atoms with van der Waals surface area (Å²) in [5.74, 6) is -3.10. The molecule has 0 heterocycles. The Labute approximate surface area is 223 Å². The Kier molecular flexibility index (Phi) is 8.23. The number of carbonyl (C=O) groups excluding carboxylic acids is 2. The van der Waals surface area contributed by atoms with Crippen molar-refractivity contribution in [3.05, 3.63) is 95.6 Å². The van der Waals surface area contributed by atoms with Gasteiger partial charge in [-0.05, 0) is 27.8 Å². The third-order valence-electron chi connectivity index (χ3n) is 6.72. The minimum absolute atomic E-state index is 0.0251. The lowest BCUT2D eigenvalue weighted by atomic mass is 9.98. The minimum Gasteiger partial charge on any atom is -0.480 e. The summed E-state index contributed by atoms with van der Waals surface area (Å²) < 4.78 is 44.3. The number of alkyl halides is 3. The number of likely N-dealkylation sites (N-methyl/N-ethyl adjacent to an activating group) is 1. The van der Waals surface area contributed by atoms with Crippen molar-refractivity contribution in [2.24, 2.45) is 0 Å². The van der Waals surface area contributed by atoms with Gasteiger partial charge in [0.25, 0.3) is 0 Å². The maximum Gasteiger partial charge on any atom is 0.410 e. The van der Waals surface area contributed by atoms with Gasteiger partial charge in [-0.15, -0.1) is 0 Å². The molecule has 0 spiro atoms. The van der Waals surface area contributed by atoms with E-state index < -0.39 is 42.7 Å². The summed E-state index contributed by atoms with van der Waals surface area (Å²) in [4.78, 5) is 38.6. The molecule has 1 aliphatic rings. The predicted octanol–water partition coefficient (Wildman–Crippen LogP) is 5.00. The van der Waals surface area contributed by atoms with Gasteiger partial charge in [0.05, 0.1) is 6.42 Å². The van der Waals surface area contributed by atoms with Crippen LogP contribution in [0.1, 0.15) is 29.0 Å². The summed E-state index contributed by atoms with van der Waals surface area (Å²) in [6.07, 6.45) is -7.49. The van der Waals surface area contributed by atoms with E-state index in [9.17, 15) is 32.7 Å². The number of ether oxygens (including phenoxy) is 1. The van der Waals surface area contributed by atoms with Gasteiger partial charge in [-0.1, -0.05) is 78.9 Å². The first kappa shape index (κ1) is 27.7. The summed E-state index contributed by atoms with van der Waals surface area (Å²) in [5, 5.41) is 11.2. The molecule has 0 aliphatic heterocycles. The van der Waals surface area contributed by atoms with Crippen LogP contribution in [0.3, 0.4) is 0 Å². The van der Waals surface area contributed by atoms with Gasteiger partial charge >= 0.3 is 18.2 Å². The van der Waals surface area contributed by atoms with Crippen molar-refractivity contribution in [1.82, 2.24) is 10.2 Å². The number of benzene rings is 3. The fraction of sp³-hybridized carbons (Fsp3) is 0.276. The van der Waals surface area contributed by atoms with Crippen LogP contribution in [0.5, 0.6) is 0 Å². The number of nitrogens with one attached hydrogen (secondary N) is 1. The van der Waals surface area contributed by atoms with Crippen LogP contribution in [0.25, 0.3) is 11.1 Å². The van der Waals surface area contributed by atoms with Gasteiger partial charge in [-0.3, -0.25) is 9.69 Å². The number of hydrogen-bond acceptors (Lipinski definition) is 4. The van der Waals surface area contributed by atoms with E-state index in [1.165, 1.54) is 7.05 Å². The van der Waals surface area contributed by atoms with Crippen LogP contribution >= 0.6 is 0 Å². The fourth-order valence-corrected chi connectivity index (χ4v) is 4.77. The monoisotopic (exact) mass is 540 g/mol. The predicted molar refractivity (Wildman–Crippen MR) is 137 cm³/mol. The van der Waals surface area contributed by atoms with Crippen LogP contribution in [0, 0.1) is 0 Å². The Bertz CT molecular complexity index is 1300. The number of carbonyl (C=O) groups is 3. The lowest BCUT2D eigenvalue weighted by Gasteiger charge is -2.29. The number of nitrogens with zero attached hydrogens (tertiary/aromatic N) is 1. The number of halogens is 3. The van der Waals surface area contributed by atoms with Crippen LogP contribution in [-0.4, -0.2) is 59.9 Å². The van der Waals surface area contributed by atoms with Crippen molar-refractivity contribution in [2.45, 2.75) is 37.0 Å². The largest absolute Gasteiger partial charge is 0.480 e. The number of rotatable bonds is 9. The van der Waals surface area contributed by atoms with Crippen molar-refractivity contribution < 1.29 is 37.4 Å². The molecule has 0 saturated heterocycles. The highest BCUT2D eigenvalue weighted by atomic mass is 19.4. The molecule has 0 radical (unpaired) electrons. The molecule has 0 bridgehead atoms. The van der Waals surface area contributed by atoms with E-state index in [0.717, 1.165) is 27.2 Å². The van der Waals surface area contributed by atoms with E-state index >= 15 is 0 Å². The molecule has 0 unspecified atom stereocenters. The van der Waals surface area contributed by atoms with Crippen molar-refractivity contribution in [2.75, 3.05) is 13.7 Å². The number of amides is 2. The molecule has 2 amide bonds. The lowest BCUT2D eigenvalue weighted by Crippen LogP contribution is -2.54. The molecule has 2 atom stereocenters. The first-order valence-corrected chi connectivity index (χ1v) is 12.3. The second-order valence-corrected chi connectivity index (χ2v) is 9.34. The van der Waals surface area contributed by atoms with Gasteiger partial charge in [-0.25, -0.2) is 9.59 Å². The quantitative estimate of drug-likeness (QED) is 0.398. The zero-order valence-electron chi connectivity index (χ0n) is 21.0. The second kappa shape index (κ2) is 11.6. The van der Waals surface area contributed by atoms with Crippen LogP contribution in [0.4, 0.5) is 18.0 Å². The zero-order chi connectivity index (χ0) is 28.2. The van der Waals surface area contributed by atoms with E-state index in [-0.39, 0.29) is 18.9 Å². The number of fused-ring (bicyclic) bond motifs is 3. The number of carboxylic acid groups (broad SMARTS) is 1. The molecule has 7 nitrogen and oxygen atoms in total. The van der Waals surface area contributed by atoms with E-state index in [4.69, 9.17) is 4.74 Å². The van der Waals surface area contributed by atoms with Gasteiger partial charge in [0.2, 0.25) is 5.91 Å². The molecule has 204 valence electrons. The van der Waals surface area contributed by atoms with Gasteiger partial charge in [0, 0.05) is 19.4 Å². The van der Waals surface area contributed by atoms with Gasteiger partial charge < -0.3 is 15.2 Å². The van der Waals surface area contributed by atoms with Crippen molar-refractivity contribution in [3.8, 4) is 11.1 Å². The average Bonchev–Trinajstić information content (AvgIpc) is 3.23. The average molecular weight is 541 g/mol. The topological polar surface area (TPSA) is 95.9 Å². The SMILES string of the molecule is CN(C(=O)OCC1c2ccccc2-c2ccccc21)[C@@H](Cc1ccccc1)C(=O)N[C@@H](CC(F)(F)F)C(=O)O. The van der Waals surface area contributed by atoms with E-state index in [2.05, 4.69) is 0 Å². The molecular weight excluding hydrogens is 513 g/mol. The number of aliphatic carboxylic acids is 1. The Morgan fingerprint density at radius 2 is 1.46 bits per heavy atom. The third-order valence-corrected chi connectivity index (χ3v) is 6.72. The first-order valence-electron chi connectivity index (χ1n) is 12.3. The minimum atomic E-state index is -4.82. The summed E-state index contributed by atoms with van der Waals surface area (Å²) in [6.45, 7) is -0.0251. The van der Waals surface area contributed by atoms with Crippen molar-refractivity contribution in [1.29, 1.82) is 0 Å². The second-order valence-electron chi connectivity index (χ2n) is 9.34. The Hall–Kier alpha value is -4.34. The van der Waals surface area contributed by atoms with Crippen molar-refractivity contribution in [3.63, 3.8) is 0 Å². The van der Waals surface area contributed by atoms with Crippen LogP contribution in [-0.2, 0) is 20.7 Å². The molecule has 10 heteroatoms. The highest BCUT2D eigenvalue weighted by Crippen LogP contribution is 2.44. The summed E-state index contributed by atoms with van der Waals surface area (Å²) in [7, 11) is 1.30. The molecular formula is C29H27F3N2O5. The Balaban J connectivity index is 1.52. The van der Waals surface area contributed by atoms with Crippen molar-refractivity contribution >= 4 is 18.0 Å².